The molecular weight excluding hydrogens is 344 g/mol. The molecule has 0 aromatic heterocycles. The predicted octanol–water partition coefficient (Wildman–Crippen LogP) is 3.02. The zero-order valence-corrected chi connectivity index (χ0v) is 15.2. The van der Waals surface area contributed by atoms with Crippen molar-refractivity contribution in [1.82, 2.24) is 10.6 Å². The first-order valence-electron chi connectivity index (χ1n) is 7.99. The lowest BCUT2D eigenvalue weighted by Crippen LogP contribution is -2.34. The van der Waals surface area contributed by atoms with E-state index in [-0.39, 0.29) is 22.3 Å². The summed E-state index contributed by atoms with van der Waals surface area (Å²) < 4.78 is 5.12. The summed E-state index contributed by atoms with van der Waals surface area (Å²) in [6.07, 6.45) is 0.0401. The van der Waals surface area contributed by atoms with Crippen LogP contribution in [0.25, 0.3) is 0 Å². The average Bonchev–Trinajstić information content (AvgIpc) is 2.53. The second-order valence-electron chi connectivity index (χ2n) is 6.60. The molecule has 1 aromatic carbocycles. The van der Waals surface area contributed by atoms with Crippen LogP contribution in [0.2, 0.25) is 0 Å². The number of alkyl carbamates (subject to hydrolysis) is 1. The van der Waals surface area contributed by atoms with E-state index >= 15 is 0 Å². The van der Waals surface area contributed by atoms with Gasteiger partial charge in [0.2, 0.25) is 11.6 Å². The molecule has 0 atom stereocenters. The van der Waals surface area contributed by atoms with Crippen molar-refractivity contribution in [1.29, 1.82) is 0 Å². The largest absolute Gasteiger partial charge is 0.444 e. The van der Waals surface area contributed by atoms with E-state index < -0.39 is 11.7 Å². The van der Waals surface area contributed by atoms with Crippen molar-refractivity contribution >= 4 is 29.3 Å². The Morgan fingerprint density at radius 1 is 1.08 bits per heavy atom. The van der Waals surface area contributed by atoms with Gasteiger partial charge in [0.05, 0.1) is 0 Å². The number of halogens is 1. The molecule has 1 aliphatic carbocycles. The number of hydrogen-bond acceptors (Lipinski definition) is 5. The molecule has 0 radical (unpaired) electrons. The highest BCUT2D eigenvalue weighted by Crippen LogP contribution is 2.27. The van der Waals surface area contributed by atoms with Gasteiger partial charge in [-0.1, -0.05) is 35.9 Å². The number of rotatable bonds is 5. The van der Waals surface area contributed by atoms with Crippen molar-refractivity contribution in [3.8, 4) is 0 Å². The van der Waals surface area contributed by atoms with Gasteiger partial charge in [0.15, 0.2) is 0 Å². The second kappa shape index (κ2) is 7.70. The SMILES string of the molecule is CC(C)(C)OC(=O)NCCCNC1=C(Cl)C(=O)c2ccccc2C1=O. The maximum atomic E-state index is 12.5. The summed E-state index contributed by atoms with van der Waals surface area (Å²) in [5.41, 5.74) is 0.201. The zero-order chi connectivity index (χ0) is 18.6. The van der Waals surface area contributed by atoms with E-state index in [1.54, 1.807) is 45.0 Å². The van der Waals surface area contributed by atoms with Crippen LogP contribution in [0.15, 0.2) is 35.0 Å². The third kappa shape index (κ3) is 4.82. The van der Waals surface area contributed by atoms with Crippen LogP contribution in [-0.2, 0) is 4.74 Å². The Labute approximate surface area is 151 Å². The summed E-state index contributed by atoms with van der Waals surface area (Å²) in [6.45, 7) is 6.10. The fourth-order valence-corrected chi connectivity index (χ4v) is 2.56. The maximum absolute atomic E-state index is 12.5. The van der Waals surface area contributed by atoms with Crippen LogP contribution >= 0.6 is 11.6 Å². The lowest BCUT2D eigenvalue weighted by molar-refractivity contribution is 0.0527. The van der Waals surface area contributed by atoms with Gasteiger partial charge in [-0.15, -0.1) is 0 Å². The summed E-state index contributed by atoms with van der Waals surface area (Å²) in [5.74, 6) is -0.674. The minimum Gasteiger partial charge on any atom is -0.444 e. The summed E-state index contributed by atoms with van der Waals surface area (Å²) in [5, 5.41) is 5.41. The first-order valence-corrected chi connectivity index (χ1v) is 8.37. The monoisotopic (exact) mass is 364 g/mol. The molecule has 0 spiro atoms. The number of hydrogen-bond donors (Lipinski definition) is 2. The highest BCUT2D eigenvalue weighted by Gasteiger charge is 2.30. The smallest absolute Gasteiger partial charge is 0.407 e. The number of ether oxygens (including phenoxy) is 1. The molecule has 134 valence electrons. The molecule has 6 nitrogen and oxygen atoms in total. The lowest BCUT2D eigenvalue weighted by atomic mass is 9.92. The van der Waals surface area contributed by atoms with Gasteiger partial charge < -0.3 is 15.4 Å². The van der Waals surface area contributed by atoms with Crippen LogP contribution in [0.5, 0.6) is 0 Å². The molecule has 0 heterocycles. The van der Waals surface area contributed by atoms with Crippen LogP contribution in [0.1, 0.15) is 47.9 Å². The molecule has 0 unspecified atom stereocenters. The average molecular weight is 365 g/mol. The van der Waals surface area contributed by atoms with Gasteiger partial charge in [-0.25, -0.2) is 4.79 Å². The Balaban J connectivity index is 1.87. The lowest BCUT2D eigenvalue weighted by Gasteiger charge is -2.20. The number of Topliss-reactive ketones (excluding diaryl/α,β-unsaturated/α-hetero) is 2. The van der Waals surface area contributed by atoms with Crippen LogP contribution in [0.3, 0.4) is 0 Å². The van der Waals surface area contributed by atoms with Gasteiger partial charge in [-0.05, 0) is 27.2 Å². The number of carbonyl (C=O) groups excluding carboxylic acids is 3. The molecule has 0 bridgehead atoms. The predicted molar refractivity (Wildman–Crippen MR) is 94.8 cm³/mol. The normalized spacial score (nSPS) is 14.2. The van der Waals surface area contributed by atoms with Crippen LogP contribution in [0, 0.1) is 0 Å². The van der Waals surface area contributed by atoms with E-state index in [1.165, 1.54) is 0 Å². The van der Waals surface area contributed by atoms with E-state index in [0.29, 0.717) is 30.6 Å². The molecule has 1 amide bonds. The van der Waals surface area contributed by atoms with E-state index in [4.69, 9.17) is 16.3 Å². The number of allylic oxidation sites excluding steroid dienone is 2. The first-order chi connectivity index (χ1) is 11.7. The highest BCUT2D eigenvalue weighted by atomic mass is 35.5. The standard InChI is InChI=1S/C18H21ClN2O4/c1-18(2,3)25-17(24)21-10-6-9-20-14-13(19)15(22)11-7-4-5-8-12(11)16(14)23/h4-5,7-8,20H,6,9-10H2,1-3H3,(H,21,24). The van der Waals surface area contributed by atoms with Gasteiger partial charge in [0, 0.05) is 24.2 Å². The Morgan fingerprint density at radius 3 is 2.28 bits per heavy atom. The molecule has 0 aliphatic heterocycles. The van der Waals surface area contributed by atoms with E-state index in [1.807, 2.05) is 0 Å². The van der Waals surface area contributed by atoms with Crippen molar-refractivity contribution in [2.45, 2.75) is 32.8 Å². The quantitative estimate of drug-likeness (QED) is 0.784. The van der Waals surface area contributed by atoms with Gasteiger partial charge in [-0.3, -0.25) is 9.59 Å². The number of carbonyl (C=O) groups is 3. The van der Waals surface area contributed by atoms with Gasteiger partial charge in [-0.2, -0.15) is 0 Å². The minimum atomic E-state index is -0.553. The Kier molecular flexibility index (Phi) is 5.85. The maximum Gasteiger partial charge on any atom is 0.407 e. The van der Waals surface area contributed by atoms with Gasteiger partial charge >= 0.3 is 6.09 Å². The van der Waals surface area contributed by atoms with Crippen molar-refractivity contribution in [3.05, 3.63) is 46.1 Å². The number of ketones is 2. The summed E-state index contributed by atoms with van der Waals surface area (Å²) in [7, 11) is 0. The molecule has 0 saturated carbocycles. The summed E-state index contributed by atoms with van der Waals surface area (Å²) in [6, 6.07) is 6.57. The fourth-order valence-electron chi connectivity index (χ4n) is 2.31. The Bertz CT molecular complexity index is 735. The molecule has 0 fully saturated rings. The Hall–Kier alpha value is -2.34. The van der Waals surface area contributed by atoms with Crippen molar-refractivity contribution < 1.29 is 19.1 Å². The number of amides is 1. The number of fused-ring (bicyclic) bond motifs is 1. The molecule has 1 aliphatic rings. The number of benzene rings is 1. The summed E-state index contributed by atoms with van der Waals surface area (Å²) >= 11 is 6.05. The topological polar surface area (TPSA) is 84.5 Å². The number of nitrogens with one attached hydrogen (secondary N) is 2. The molecule has 1 aromatic rings. The van der Waals surface area contributed by atoms with Gasteiger partial charge in [0.1, 0.15) is 16.3 Å². The molecule has 2 rings (SSSR count). The van der Waals surface area contributed by atoms with Crippen molar-refractivity contribution in [2.24, 2.45) is 0 Å². The third-order valence-electron chi connectivity index (χ3n) is 3.39. The Morgan fingerprint density at radius 2 is 1.68 bits per heavy atom. The minimum absolute atomic E-state index is 0.0997. The molecule has 0 saturated heterocycles. The van der Waals surface area contributed by atoms with Gasteiger partial charge in [0.25, 0.3) is 0 Å². The fraction of sp³-hybridized carbons (Fsp3) is 0.389. The van der Waals surface area contributed by atoms with Crippen molar-refractivity contribution in [2.75, 3.05) is 13.1 Å². The van der Waals surface area contributed by atoms with E-state index in [0.717, 1.165) is 0 Å². The first kappa shape index (κ1) is 19.0. The van der Waals surface area contributed by atoms with Crippen LogP contribution in [-0.4, -0.2) is 36.4 Å². The van der Waals surface area contributed by atoms with Crippen LogP contribution in [0.4, 0.5) is 4.79 Å². The summed E-state index contributed by atoms with van der Waals surface area (Å²) in [4.78, 5) is 36.2. The van der Waals surface area contributed by atoms with E-state index in [9.17, 15) is 14.4 Å². The molecule has 25 heavy (non-hydrogen) atoms. The molecule has 7 heteroatoms. The van der Waals surface area contributed by atoms with E-state index in [2.05, 4.69) is 10.6 Å². The van der Waals surface area contributed by atoms with Crippen LogP contribution < -0.4 is 10.6 Å². The zero-order valence-electron chi connectivity index (χ0n) is 14.4. The highest BCUT2D eigenvalue weighted by molar-refractivity contribution is 6.49. The molecular formula is C18H21ClN2O4. The molecule has 2 N–H and O–H groups in total. The van der Waals surface area contributed by atoms with Crippen molar-refractivity contribution in [3.63, 3.8) is 0 Å². The second-order valence-corrected chi connectivity index (χ2v) is 6.98. The third-order valence-corrected chi connectivity index (χ3v) is 3.75.